The Morgan fingerprint density at radius 1 is 1.41 bits per heavy atom. The first kappa shape index (κ1) is 12.9. The molecule has 0 spiro atoms. The fourth-order valence-electron chi connectivity index (χ4n) is 2.77. The van der Waals surface area contributed by atoms with E-state index in [1.165, 1.54) is 17.7 Å². The summed E-state index contributed by atoms with van der Waals surface area (Å²) in [5, 5.41) is 3.42. The zero-order valence-corrected chi connectivity index (χ0v) is 12.4. The van der Waals surface area contributed by atoms with Gasteiger partial charge in [0.1, 0.15) is 0 Å². The monoisotopic (exact) mass is 296 g/mol. The Kier molecular flexibility index (Phi) is 4.10. The van der Waals surface area contributed by atoms with Crippen molar-refractivity contribution in [2.24, 2.45) is 5.92 Å². The van der Waals surface area contributed by atoms with E-state index in [-0.39, 0.29) is 0 Å². The van der Waals surface area contributed by atoms with Gasteiger partial charge in [0.25, 0.3) is 0 Å². The van der Waals surface area contributed by atoms with E-state index >= 15 is 0 Å². The first-order chi connectivity index (χ1) is 8.11. The molecular formula is C14H21BrN2. The molecule has 1 saturated heterocycles. The third-order valence-corrected chi connectivity index (χ3v) is 4.27. The summed E-state index contributed by atoms with van der Waals surface area (Å²) >= 11 is 3.52. The number of piperidine rings is 1. The van der Waals surface area contributed by atoms with Crippen molar-refractivity contribution in [3.63, 3.8) is 0 Å². The van der Waals surface area contributed by atoms with Crippen molar-refractivity contribution in [3.05, 3.63) is 28.2 Å². The number of hydrogen-bond donors (Lipinski definition) is 1. The number of hydrogen-bond acceptors (Lipinski definition) is 2. The molecule has 17 heavy (non-hydrogen) atoms. The van der Waals surface area contributed by atoms with Crippen molar-refractivity contribution in [1.29, 1.82) is 0 Å². The molecule has 1 aromatic rings. The molecule has 2 nitrogen and oxygen atoms in total. The van der Waals surface area contributed by atoms with Gasteiger partial charge in [0, 0.05) is 29.3 Å². The summed E-state index contributed by atoms with van der Waals surface area (Å²) in [6, 6.07) is 7.23. The van der Waals surface area contributed by atoms with Gasteiger partial charge in [0.15, 0.2) is 0 Å². The molecular weight excluding hydrogens is 276 g/mol. The minimum atomic E-state index is 0.669. The summed E-state index contributed by atoms with van der Waals surface area (Å²) in [5.41, 5.74) is 2.74. The molecule has 1 aliphatic rings. The van der Waals surface area contributed by atoms with Gasteiger partial charge in [0.2, 0.25) is 0 Å². The van der Waals surface area contributed by atoms with Crippen LogP contribution in [0.2, 0.25) is 0 Å². The molecule has 94 valence electrons. The normalized spacial score (nSPS) is 25.1. The van der Waals surface area contributed by atoms with Crippen LogP contribution in [0, 0.1) is 12.8 Å². The largest absolute Gasteiger partial charge is 0.371 e. The Bertz CT molecular complexity index is 392. The predicted molar refractivity (Wildman–Crippen MR) is 77.7 cm³/mol. The van der Waals surface area contributed by atoms with Gasteiger partial charge in [-0.15, -0.1) is 0 Å². The van der Waals surface area contributed by atoms with Gasteiger partial charge < -0.3 is 10.2 Å². The van der Waals surface area contributed by atoms with E-state index in [9.17, 15) is 0 Å². The quantitative estimate of drug-likeness (QED) is 0.902. The summed E-state index contributed by atoms with van der Waals surface area (Å²) in [5.74, 6) is 0.705. The standard InChI is InChI=1S/C14H21BrN2/c1-10-8-12(15)4-5-14(10)17-7-6-13(16-3)11(2)9-17/h4-5,8,11,13,16H,6-7,9H2,1-3H3. The Morgan fingerprint density at radius 2 is 2.18 bits per heavy atom. The number of anilines is 1. The van der Waals surface area contributed by atoms with Gasteiger partial charge in [-0.3, -0.25) is 0 Å². The fourth-order valence-corrected chi connectivity index (χ4v) is 3.24. The maximum Gasteiger partial charge on any atom is 0.0396 e. The SMILES string of the molecule is CNC1CCN(c2ccc(Br)cc2C)CC1C. The maximum absolute atomic E-state index is 3.52. The van der Waals surface area contributed by atoms with Crippen LogP contribution in [0.15, 0.2) is 22.7 Å². The topological polar surface area (TPSA) is 15.3 Å². The highest BCUT2D eigenvalue weighted by Crippen LogP contribution is 2.28. The van der Waals surface area contributed by atoms with Crippen LogP contribution in [-0.4, -0.2) is 26.2 Å². The van der Waals surface area contributed by atoms with Crippen molar-refractivity contribution in [2.75, 3.05) is 25.0 Å². The molecule has 1 fully saturated rings. The molecule has 0 saturated carbocycles. The van der Waals surface area contributed by atoms with Crippen LogP contribution in [0.4, 0.5) is 5.69 Å². The molecule has 0 radical (unpaired) electrons. The molecule has 1 aliphatic heterocycles. The van der Waals surface area contributed by atoms with Crippen LogP contribution in [0.5, 0.6) is 0 Å². The molecule has 3 heteroatoms. The van der Waals surface area contributed by atoms with E-state index in [1.807, 2.05) is 0 Å². The summed E-state index contributed by atoms with van der Waals surface area (Å²) < 4.78 is 1.16. The fraction of sp³-hybridized carbons (Fsp3) is 0.571. The van der Waals surface area contributed by atoms with Crippen molar-refractivity contribution < 1.29 is 0 Å². The van der Waals surface area contributed by atoms with Crippen LogP contribution < -0.4 is 10.2 Å². The Balaban J connectivity index is 2.14. The molecule has 1 heterocycles. The Labute approximate surface area is 113 Å². The maximum atomic E-state index is 3.52. The zero-order valence-electron chi connectivity index (χ0n) is 10.8. The van der Waals surface area contributed by atoms with Crippen LogP contribution in [0.25, 0.3) is 0 Å². The highest BCUT2D eigenvalue weighted by Gasteiger charge is 2.25. The first-order valence-corrected chi connectivity index (χ1v) is 7.09. The third-order valence-electron chi connectivity index (χ3n) is 3.78. The molecule has 2 unspecified atom stereocenters. The van der Waals surface area contributed by atoms with Gasteiger partial charge in [-0.1, -0.05) is 22.9 Å². The second-order valence-electron chi connectivity index (χ2n) is 5.04. The van der Waals surface area contributed by atoms with E-state index in [1.54, 1.807) is 0 Å². The molecule has 0 bridgehead atoms. The highest BCUT2D eigenvalue weighted by molar-refractivity contribution is 9.10. The summed E-state index contributed by atoms with van der Waals surface area (Å²) in [6.07, 6.45) is 1.23. The minimum Gasteiger partial charge on any atom is -0.371 e. The van der Waals surface area contributed by atoms with E-state index < -0.39 is 0 Å². The lowest BCUT2D eigenvalue weighted by Crippen LogP contribution is -2.47. The smallest absolute Gasteiger partial charge is 0.0396 e. The molecule has 2 rings (SSSR count). The van der Waals surface area contributed by atoms with Gasteiger partial charge in [0.05, 0.1) is 0 Å². The van der Waals surface area contributed by atoms with Crippen molar-refractivity contribution >= 4 is 21.6 Å². The van der Waals surface area contributed by atoms with Gasteiger partial charge in [-0.25, -0.2) is 0 Å². The van der Waals surface area contributed by atoms with E-state index in [2.05, 4.69) is 65.2 Å². The molecule has 1 aromatic carbocycles. The number of nitrogens with one attached hydrogen (secondary N) is 1. The zero-order chi connectivity index (χ0) is 12.4. The average Bonchev–Trinajstić information content (AvgIpc) is 2.29. The van der Waals surface area contributed by atoms with Gasteiger partial charge in [-0.05, 0) is 50.1 Å². The van der Waals surface area contributed by atoms with E-state index in [0.29, 0.717) is 12.0 Å². The lowest BCUT2D eigenvalue weighted by Gasteiger charge is -2.38. The number of benzene rings is 1. The van der Waals surface area contributed by atoms with Crippen LogP contribution >= 0.6 is 15.9 Å². The molecule has 0 aliphatic carbocycles. The first-order valence-electron chi connectivity index (χ1n) is 6.30. The summed E-state index contributed by atoms with van der Waals surface area (Å²) in [4.78, 5) is 2.51. The number of halogens is 1. The number of nitrogens with zero attached hydrogens (tertiary/aromatic N) is 1. The van der Waals surface area contributed by atoms with Gasteiger partial charge in [-0.2, -0.15) is 0 Å². The second-order valence-corrected chi connectivity index (χ2v) is 5.95. The van der Waals surface area contributed by atoms with Crippen molar-refractivity contribution in [1.82, 2.24) is 5.32 Å². The minimum absolute atomic E-state index is 0.669. The average molecular weight is 297 g/mol. The van der Waals surface area contributed by atoms with Crippen LogP contribution in [0.3, 0.4) is 0 Å². The number of aryl methyl sites for hydroxylation is 1. The lowest BCUT2D eigenvalue weighted by atomic mass is 9.93. The third kappa shape index (κ3) is 2.83. The molecule has 0 aromatic heterocycles. The van der Waals surface area contributed by atoms with Gasteiger partial charge >= 0.3 is 0 Å². The van der Waals surface area contributed by atoms with E-state index in [0.717, 1.165) is 17.6 Å². The number of rotatable bonds is 2. The predicted octanol–water partition coefficient (Wildman–Crippen LogP) is 3.19. The highest BCUT2D eigenvalue weighted by atomic mass is 79.9. The summed E-state index contributed by atoms with van der Waals surface area (Å²) in [6.45, 7) is 6.82. The van der Waals surface area contributed by atoms with Crippen LogP contribution in [-0.2, 0) is 0 Å². The second kappa shape index (κ2) is 5.40. The van der Waals surface area contributed by atoms with Crippen molar-refractivity contribution in [3.8, 4) is 0 Å². The van der Waals surface area contributed by atoms with E-state index in [4.69, 9.17) is 0 Å². The van der Waals surface area contributed by atoms with Crippen LogP contribution in [0.1, 0.15) is 18.9 Å². The Hall–Kier alpha value is -0.540. The molecule has 1 N–H and O–H groups in total. The molecule has 2 atom stereocenters. The Morgan fingerprint density at radius 3 is 2.76 bits per heavy atom. The van der Waals surface area contributed by atoms with Crippen molar-refractivity contribution in [2.45, 2.75) is 26.3 Å². The lowest BCUT2D eigenvalue weighted by molar-refractivity contribution is 0.338. The summed E-state index contributed by atoms with van der Waals surface area (Å²) in [7, 11) is 2.07. The molecule has 0 amide bonds.